The molecule has 0 aromatic heterocycles. The Kier molecular flexibility index (Phi) is 5.41. The lowest BCUT2D eigenvalue weighted by atomic mass is 10.2. The number of nitrogens with zero attached hydrogens (tertiary/aromatic N) is 2. The van der Waals surface area contributed by atoms with Gasteiger partial charge in [0.1, 0.15) is 0 Å². The molecule has 1 aliphatic heterocycles. The third-order valence-electron chi connectivity index (χ3n) is 3.73. The zero-order chi connectivity index (χ0) is 14.4. The van der Waals surface area contributed by atoms with E-state index in [-0.39, 0.29) is 5.91 Å². The second-order valence-electron chi connectivity index (χ2n) is 5.43. The minimum absolute atomic E-state index is 0.205. The smallest absolute Gasteiger partial charge is 0.241 e. The summed E-state index contributed by atoms with van der Waals surface area (Å²) in [6.45, 7) is 6.43. The lowest BCUT2D eigenvalue weighted by Crippen LogP contribution is -2.34. The van der Waals surface area contributed by atoms with E-state index >= 15 is 0 Å². The topological polar surface area (TPSA) is 35.6 Å². The molecule has 1 amide bonds. The Morgan fingerprint density at radius 3 is 2.65 bits per heavy atom. The third-order valence-corrected chi connectivity index (χ3v) is 3.73. The second kappa shape index (κ2) is 7.29. The molecule has 1 fully saturated rings. The Morgan fingerprint density at radius 2 is 1.95 bits per heavy atom. The van der Waals surface area contributed by atoms with Crippen LogP contribution >= 0.6 is 0 Å². The first-order chi connectivity index (χ1) is 9.70. The van der Waals surface area contributed by atoms with Gasteiger partial charge < -0.3 is 15.1 Å². The molecular formula is C16H25N3O. The van der Waals surface area contributed by atoms with Crippen molar-refractivity contribution in [3.05, 3.63) is 29.8 Å². The van der Waals surface area contributed by atoms with Crippen LogP contribution < -0.4 is 10.2 Å². The third kappa shape index (κ3) is 3.97. The highest BCUT2D eigenvalue weighted by molar-refractivity contribution is 5.81. The first kappa shape index (κ1) is 14.9. The Hall–Kier alpha value is -1.55. The Morgan fingerprint density at radius 1 is 1.20 bits per heavy atom. The van der Waals surface area contributed by atoms with E-state index in [0.717, 1.165) is 44.7 Å². The first-order valence-electron chi connectivity index (χ1n) is 7.49. The molecule has 1 saturated heterocycles. The molecule has 1 aromatic carbocycles. The first-order valence-corrected chi connectivity index (χ1v) is 7.49. The van der Waals surface area contributed by atoms with E-state index in [9.17, 15) is 4.79 Å². The number of amides is 1. The maximum Gasteiger partial charge on any atom is 0.241 e. The maximum atomic E-state index is 11.9. The molecule has 20 heavy (non-hydrogen) atoms. The number of likely N-dealkylation sites (N-methyl/N-ethyl adjacent to an activating group) is 1. The summed E-state index contributed by atoms with van der Waals surface area (Å²) in [4.78, 5) is 15.9. The Bertz CT molecular complexity index is 430. The van der Waals surface area contributed by atoms with Crippen molar-refractivity contribution in [1.29, 1.82) is 0 Å². The zero-order valence-corrected chi connectivity index (χ0v) is 12.6. The molecule has 110 valence electrons. The van der Waals surface area contributed by atoms with Gasteiger partial charge in [0.2, 0.25) is 5.91 Å². The monoisotopic (exact) mass is 275 g/mol. The maximum absolute atomic E-state index is 11.9. The predicted octanol–water partition coefficient (Wildman–Crippen LogP) is 1.85. The van der Waals surface area contributed by atoms with Gasteiger partial charge in [-0.3, -0.25) is 4.79 Å². The van der Waals surface area contributed by atoms with E-state index in [2.05, 4.69) is 41.4 Å². The highest BCUT2D eigenvalue weighted by atomic mass is 16.2. The van der Waals surface area contributed by atoms with Crippen molar-refractivity contribution in [1.82, 2.24) is 10.2 Å². The van der Waals surface area contributed by atoms with Gasteiger partial charge in [-0.1, -0.05) is 19.1 Å². The van der Waals surface area contributed by atoms with Gasteiger partial charge in [-0.2, -0.15) is 0 Å². The summed E-state index contributed by atoms with van der Waals surface area (Å²) in [5, 5.41) is 3.40. The fraction of sp³-hybridized carbons (Fsp3) is 0.562. The summed E-state index contributed by atoms with van der Waals surface area (Å²) in [6, 6.07) is 8.55. The highest BCUT2D eigenvalue weighted by Gasteiger charge is 2.18. The summed E-state index contributed by atoms with van der Waals surface area (Å²) < 4.78 is 0. The molecule has 0 atom stereocenters. The molecule has 0 unspecified atom stereocenters. The molecule has 0 radical (unpaired) electrons. The fourth-order valence-corrected chi connectivity index (χ4v) is 2.44. The number of hydrogen-bond donors (Lipinski definition) is 1. The molecule has 4 heteroatoms. The van der Waals surface area contributed by atoms with Crippen LogP contribution in [-0.2, 0) is 11.3 Å². The summed E-state index contributed by atoms with van der Waals surface area (Å²) in [6.07, 6.45) is 2.18. The van der Waals surface area contributed by atoms with Crippen molar-refractivity contribution >= 4 is 11.6 Å². The minimum atomic E-state index is 0.205. The van der Waals surface area contributed by atoms with Gasteiger partial charge in [-0.05, 0) is 37.1 Å². The molecule has 1 aliphatic rings. The summed E-state index contributed by atoms with van der Waals surface area (Å²) in [5.74, 6) is 0.205. The van der Waals surface area contributed by atoms with Crippen LogP contribution in [0.5, 0.6) is 0 Å². The fourth-order valence-electron chi connectivity index (χ4n) is 2.44. The van der Waals surface area contributed by atoms with Crippen LogP contribution in [0.2, 0.25) is 0 Å². The van der Waals surface area contributed by atoms with Crippen molar-refractivity contribution in [3.63, 3.8) is 0 Å². The van der Waals surface area contributed by atoms with Gasteiger partial charge in [0.15, 0.2) is 0 Å². The molecule has 4 nitrogen and oxygen atoms in total. The molecule has 0 saturated carbocycles. The largest absolute Gasteiger partial charge is 0.362 e. The molecule has 1 heterocycles. The number of anilines is 1. The quantitative estimate of drug-likeness (QED) is 0.833. The van der Waals surface area contributed by atoms with Crippen LogP contribution in [-0.4, -0.2) is 44.0 Å². The highest BCUT2D eigenvalue weighted by Crippen LogP contribution is 2.17. The molecule has 0 spiro atoms. The average molecular weight is 275 g/mol. The van der Waals surface area contributed by atoms with Gasteiger partial charge in [0, 0.05) is 32.4 Å². The Balaban J connectivity index is 1.96. The number of hydrogen-bond acceptors (Lipinski definition) is 3. The number of rotatable bonds is 5. The standard InChI is InChI=1S/C16H25N3O/c1-3-9-17-12-14-5-7-15(8-6-14)19-11-4-10-18(2)16(20)13-19/h5-8,17H,3-4,9-13H2,1-2H3. The second-order valence-corrected chi connectivity index (χ2v) is 5.43. The van der Waals surface area contributed by atoms with Crippen molar-refractivity contribution in [3.8, 4) is 0 Å². The van der Waals surface area contributed by atoms with E-state index < -0.39 is 0 Å². The van der Waals surface area contributed by atoms with Crippen LogP contribution in [0.15, 0.2) is 24.3 Å². The molecule has 0 bridgehead atoms. The number of carbonyl (C=O) groups excluding carboxylic acids is 1. The van der Waals surface area contributed by atoms with E-state index in [1.165, 1.54) is 5.56 Å². The number of nitrogens with one attached hydrogen (secondary N) is 1. The summed E-state index contributed by atoms with van der Waals surface area (Å²) >= 11 is 0. The molecule has 1 aromatic rings. The van der Waals surface area contributed by atoms with Crippen LogP contribution in [0, 0.1) is 0 Å². The van der Waals surface area contributed by atoms with Crippen LogP contribution in [0.1, 0.15) is 25.3 Å². The van der Waals surface area contributed by atoms with Crippen LogP contribution in [0.25, 0.3) is 0 Å². The van der Waals surface area contributed by atoms with Gasteiger partial charge >= 0.3 is 0 Å². The van der Waals surface area contributed by atoms with E-state index in [4.69, 9.17) is 0 Å². The van der Waals surface area contributed by atoms with Gasteiger partial charge in [0.05, 0.1) is 6.54 Å². The van der Waals surface area contributed by atoms with Crippen molar-refractivity contribution in [2.75, 3.05) is 38.1 Å². The van der Waals surface area contributed by atoms with Crippen molar-refractivity contribution in [2.24, 2.45) is 0 Å². The van der Waals surface area contributed by atoms with Crippen molar-refractivity contribution < 1.29 is 4.79 Å². The van der Waals surface area contributed by atoms with E-state index in [1.807, 2.05) is 11.9 Å². The Labute approximate surface area is 121 Å². The molecule has 0 aliphatic carbocycles. The SMILES string of the molecule is CCCNCc1ccc(N2CCCN(C)C(=O)C2)cc1. The van der Waals surface area contributed by atoms with Gasteiger partial charge in [-0.25, -0.2) is 0 Å². The number of carbonyl (C=O) groups is 1. The lowest BCUT2D eigenvalue weighted by Gasteiger charge is -2.22. The molecular weight excluding hydrogens is 250 g/mol. The summed E-state index contributed by atoms with van der Waals surface area (Å²) in [7, 11) is 1.88. The average Bonchev–Trinajstić information content (AvgIpc) is 2.62. The van der Waals surface area contributed by atoms with Gasteiger partial charge in [0.25, 0.3) is 0 Å². The van der Waals surface area contributed by atoms with Crippen LogP contribution in [0.4, 0.5) is 5.69 Å². The summed E-state index contributed by atoms with van der Waals surface area (Å²) in [5.41, 5.74) is 2.44. The molecule has 1 N–H and O–H groups in total. The van der Waals surface area contributed by atoms with Crippen molar-refractivity contribution in [2.45, 2.75) is 26.3 Å². The van der Waals surface area contributed by atoms with Crippen LogP contribution in [0.3, 0.4) is 0 Å². The normalized spacial score (nSPS) is 16.4. The zero-order valence-electron chi connectivity index (χ0n) is 12.6. The minimum Gasteiger partial charge on any atom is -0.362 e. The molecule has 2 rings (SSSR count). The number of benzene rings is 1. The van der Waals surface area contributed by atoms with E-state index in [1.54, 1.807) is 0 Å². The van der Waals surface area contributed by atoms with E-state index in [0.29, 0.717) is 6.54 Å². The van der Waals surface area contributed by atoms with Gasteiger partial charge in [-0.15, -0.1) is 0 Å². The predicted molar refractivity (Wildman–Crippen MR) is 82.9 cm³/mol. The lowest BCUT2D eigenvalue weighted by molar-refractivity contribution is -0.127.